The number of hydrogen-bond acceptors (Lipinski definition) is 7. The number of rotatable bonds is 11. The largest absolute Gasteiger partial charge is 0.488 e. The highest BCUT2D eigenvalue weighted by Gasteiger charge is 2.60. The minimum Gasteiger partial charge on any atom is -0.488 e. The Balaban J connectivity index is 1.35. The van der Waals surface area contributed by atoms with Crippen LogP contribution in [0.15, 0.2) is 166 Å². The van der Waals surface area contributed by atoms with E-state index in [0.29, 0.717) is 13.2 Å². The fourth-order valence-corrected chi connectivity index (χ4v) is 7.07. The Kier molecular flexibility index (Phi) is 8.92. The predicted octanol–water partition coefficient (Wildman–Crippen LogP) is 10.1. The average molecular weight is 644 g/mol. The van der Waals surface area contributed by atoms with Crippen LogP contribution in [-0.2, 0) is 29.0 Å². The third-order valence-corrected chi connectivity index (χ3v) is 9.23. The van der Waals surface area contributed by atoms with Crippen molar-refractivity contribution >= 4 is 0 Å². The van der Waals surface area contributed by atoms with E-state index in [1.54, 1.807) is 7.11 Å². The summed E-state index contributed by atoms with van der Waals surface area (Å²) in [4.78, 5) is 4.59. The quantitative estimate of drug-likeness (QED) is 0.132. The van der Waals surface area contributed by atoms with Gasteiger partial charge in [0.15, 0.2) is 0 Å². The van der Waals surface area contributed by atoms with E-state index in [4.69, 9.17) is 19.7 Å². The maximum Gasteiger partial charge on any atom is 0.238 e. The summed E-state index contributed by atoms with van der Waals surface area (Å²) in [5, 5.41) is 18.5. The summed E-state index contributed by atoms with van der Waals surface area (Å²) in [6, 6.07) is 50.1. The van der Waals surface area contributed by atoms with E-state index in [1.807, 2.05) is 50.2 Å². The molecule has 6 aromatic rings. The molecule has 2 heterocycles. The maximum atomic E-state index is 6.32. The zero-order valence-corrected chi connectivity index (χ0v) is 27.8. The van der Waals surface area contributed by atoms with Crippen LogP contribution in [0.3, 0.4) is 0 Å². The van der Waals surface area contributed by atoms with E-state index >= 15 is 0 Å². The number of aryl methyl sites for hydroxylation is 2. The van der Waals surface area contributed by atoms with Gasteiger partial charge in [0.05, 0.1) is 12.0 Å². The second kappa shape index (κ2) is 13.7. The molecule has 1 aliphatic heterocycles. The highest BCUT2D eigenvalue weighted by atomic mass is 16.5. The van der Waals surface area contributed by atoms with Crippen molar-refractivity contribution in [3.05, 3.63) is 190 Å². The SMILES string of the molecule is COCc1c(OCc2ccc(-c3ccccc3C3(C(c4ccccc4)(c4ccccc4)c4ccccc4)N=NN=N3)cc2)cc(C)nc1C. The predicted molar refractivity (Wildman–Crippen MR) is 191 cm³/mol. The molecular formula is C42H37N5O2. The monoisotopic (exact) mass is 643 g/mol. The zero-order chi connectivity index (χ0) is 33.7. The van der Waals surface area contributed by atoms with E-state index in [-0.39, 0.29) is 0 Å². The standard InChI is InChI=1S/C42H37N5O2/c1-30-27-40(38(29-48-3)31(2)43-30)49-28-32-23-25-33(26-24-32)37-21-13-14-22-39(37)42(44-46-47-45-42)41(34-15-7-4-8-16-34,35-17-9-5-10-18-35)36-19-11-6-12-20-36/h4-27H,28-29H2,1-3H3. The summed E-state index contributed by atoms with van der Waals surface area (Å²) in [5.74, 6) is 0.791. The van der Waals surface area contributed by atoms with Crippen molar-refractivity contribution in [2.24, 2.45) is 20.7 Å². The number of aromatic nitrogens is 1. The highest BCUT2D eigenvalue weighted by molar-refractivity contribution is 5.72. The first-order valence-electron chi connectivity index (χ1n) is 16.3. The lowest BCUT2D eigenvalue weighted by Crippen LogP contribution is -2.48. The van der Waals surface area contributed by atoms with Crippen molar-refractivity contribution in [3.63, 3.8) is 0 Å². The van der Waals surface area contributed by atoms with E-state index in [9.17, 15) is 0 Å². The first kappa shape index (κ1) is 31.8. The topological polar surface area (TPSA) is 80.8 Å². The van der Waals surface area contributed by atoms with Crippen molar-refractivity contribution in [1.82, 2.24) is 4.98 Å². The molecule has 0 bridgehead atoms. The fourth-order valence-electron chi connectivity index (χ4n) is 7.07. The number of nitrogens with zero attached hydrogens (tertiary/aromatic N) is 5. The molecule has 0 unspecified atom stereocenters. The lowest BCUT2D eigenvalue weighted by molar-refractivity contribution is 0.178. The van der Waals surface area contributed by atoms with Gasteiger partial charge in [0.1, 0.15) is 12.4 Å². The van der Waals surface area contributed by atoms with Crippen molar-refractivity contribution in [2.75, 3.05) is 7.11 Å². The Morgan fingerprint density at radius 1 is 0.612 bits per heavy atom. The van der Waals surface area contributed by atoms with Crippen LogP contribution in [0.1, 0.15) is 44.8 Å². The molecule has 0 spiro atoms. The van der Waals surface area contributed by atoms with E-state index in [2.05, 4.69) is 125 Å². The smallest absolute Gasteiger partial charge is 0.238 e. The van der Waals surface area contributed by atoms with Gasteiger partial charge >= 0.3 is 0 Å². The summed E-state index contributed by atoms with van der Waals surface area (Å²) in [6.07, 6.45) is 0. The van der Waals surface area contributed by atoms with Crippen LogP contribution in [0.4, 0.5) is 0 Å². The van der Waals surface area contributed by atoms with Gasteiger partial charge in [0.25, 0.3) is 0 Å². The maximum absolute atomic E-state index is 6.32. The summed E-state index contributed by atoms with van der Waals surface area (Å²) in [5.41, 5.74) is 7.66. The van der Waals surface area contributed by atoms with Gasteiger partial charge in [0.2, 0.25) is 5.66 Å². The molecule has 0 saturated heterocycles. The molecule has 7 heteroatoms. The Bertz CT molecular complexity index is 1990. The molecular weight excluding hydrogens is 606 g/mol. The van der Waals surface area contributed by atoms with Crippen LogP contribution in [0.2, 0.25) is 0 Å². The summed E-state index contributed by atoms with van der Waals surface area (Å²) in [6.45, 7) is 4.81. The molecule has 7 rings (SSSR count). The molecule has 0 fully saturated rings. The molecule has 1 aliphatic rings. The second-order valence-electron chi connectivity index (χ2n) is 12.2. The second-order valence-corrected chi connectivity index (χ2v) is 12.2. The van der Waals surface area contributed by atoms with Crippen molar-refractivity contribution in [1.29, 1.82) is 0 Å². The molecule has 0 atom stereocenters. The van der Waals surface area contributed by atoms with E-state index < -0.39 is 11.1 Å². The zero-order valence-electron chi connectivity index (χ0n) is 27.8. The molecule has 5 aromatic carbocycles. The Hall–Kier alpha value is -5.79. The molecule has 7 nitrogen and oxygen atoms in total. The number of pyridine rings is 1. The van der Waals surface area contributed by atoms with Gasteiger partial charge in [-0.1, -0.05) is 140 Å². The number of hydrogen-bond donors (Lipinski definition) is 0. The van der Waals surface area contributed by atoms with Gasteiger partial charge < -0.3 is 9.47 Å². The van der Waals surface area contributed by atoms with Crippen molar-refractivity contribution in [2.45, 2.75) is 38.1 Å². The van der Waals surface area contributed by atoms with Crippen LogP contribution >= 0.6 is 0 Å². The Morgan fingerprint density at radius 2 is 1.14 bits per heavy atom. The Labute approximate surface area is 287 Å². The minimum atomic E-state index is -1.26. The first-order valence-corrected chi connectivity index (χ1v) is 16.3. The normalized spacial score (nSPS) is 13.4. The molecule has 242 valence electrons. The van der Waals surface area contributed by atoms with Gasteiger partial charge in [-0.25, -0.2) is 0 Å². The lowest BCUT2D eigenvalue weighted by atomic mass is 9.59. The summed E-state index contributed by atoms with van der Waals surface area (Å²) < 4.78 is 11.7. The summed E-state index contributed by atoms with van der Waals surface area (Å²) >= 11 is 0. The van der Waals surface area contributed by atoms with Gasteiger partial charge in [0, 0.05) is 35.7 Å². The minimum absolute atomic E-state index is 0.410. The highest BCUT2D eigenvalue weighted by Crippen LogP contribution is 2.58. The number of methoxy groups -OCH3 is 1. The lowest BCUT2D eigenvalue weighted by Gasteiger charge is -2.45. The van der Waals surface area contributed by atoms with Gasteiger partial charge in [-0.2, -0.15) is 0 Å². The third kappa shape index (κ3) is 5.72. The van der Waals surface area contributed by atoms with Crippen LogP contribution in [0.5, 0.6) is 5.75 Å². The van der Waals surface area contributed by atoms with E-state index in [0.717, 1.165) is 61.6 Å². The number of benzene rings is 5. The molecule has 0 amide bonds. The van der Waals surface area contributed by atoms with Gasteiger partial charge in [-0.3, -0.25) is 4.98 Å². The first-order chi connectivity index (χ1) is 24.1. The summed E-state index contributed by atoms with van der Waals surface area (Å²) in [7, 11) is 1.68. The van der Waals surface area contributed by atoms with Gasteiger partial charge in [-0.05, 0) is 57.7 Å². The molecule has 0 N–H and O–H groups in total. The molecule has 0 radical (unpaired) electrons. The Morgan fingerprint density at radius 3 is 1.69 bits per heavy atom. The van der Waals surface area contributed by atoms with E-state index in [1.165, 1.54) is 0 Å². The van der Waals surface area contributed by atoms with Crippen LogP contribution in [0, 0.1) is 13.8 Å². The fraction of sp³-hybridized carbons (Fsp3) is 0.167. The van der Waals surface area contributed by atoms with Crippen molar-refractivity contribution in [3.8, 4) is 16.9 Å². The van der Waals surface area contributed by atoms with Gasteiger partial charge in [-0.15, -0.1) is 10.2 Å². The molecule has 49 heavy (non-hydrogen) atoms. The van der Waals surface area contributed by atoms with Crippen LogP contribution in [0.25, 0.3) is 11.1 Å². The van der Waals surface area contributed by atoms with Crippen LogP contribution in [-0.4, -0.2) is 12.1 Å². The molecule has 0 saturated carbocycles. The average Bonchev–Trinajstić information content (AvgIpc) is 3.65. The molecule has 1 aromatic heterocycles. The number of ether oxygens (including phenoxy) is 2. The van der Waals surface area contributed by atoms with Crippen molar-refractivity contribution < 1.29 is 9.47 Å². The van der Waals surface area contributed by atoms with Crippen LogP contribution < -0.4 is 4.74 Å². The third-order valence-electron chi connectivity index (χ3n) is 9.23. The molecule has 0 aliphatic carbocycles.